The monoisotopic (exact) mass is 347 g/mol. The minimum Gasteiger partial charge on any atom is -0.478 e. The molecule has 3 N–H and O–H groups in total. The topological polar surface area (TPSA) is 80.4 Å². The van der Waals surface area contributed by atoms with E-state index in [2.05, 4.69) is 31.9 Å². The molecular weight excluding hydrogens is 342 g/mol. The first-order chi connectivity index (χ1) is 7.41. The van der Waals surface area contributed by atoms with E-state index in [4.69, 9.17) is 10.8 Å². The number of hydrogen-bond acceptors (Lipinski definition) is 3. The van der Waals surface area contributed by atoms with Crippen molar-refractivity contribution in [3.63, 3.8) is 0 Å². The van der Waals surface area contributed by atoms with Gasteiger partial charge in [-0.15, -0.1) is 0 Å². The third kappa shape index (κ3) is 3.18. The molecule has 1 rings (SSSR count). The normalized spacial score (nSPS) is 10.6. The van der Waals surface area contributed by atoms with Crippen LogP contribution in [0.5, 0.6) is 0 Å². The van der Waals surface area contributed by atoms with E-state index in [0.29, 0.717) is 20.2 Å². The molecule has 1 aromatic rings. The first-order valence-electron chi connectivity index (χ1n) is 4.11. The number of aliphatic carboxylic acids is 1. The van der Waals surface area contributed by atoms with E-state index in [1.54, 1.807) is 0 Å². The van der Waals surface area contributed by atoms with E-state index < -0.39 is 11.8 Å². The number of halogens is 2. The van der Waals surface area contributed by atoms with Crippen LogP contribution in [0.4, 0.5) is 5.69 Å². The summed E-state index contributed by atoms with van der Waals surface area (Å²) < 4.78 is 1.16. The van der Waals surface area contributed by atoms with Crippen molar-refractivity contribution in [2.45, 2.75) is 0 Å². The standard InChI is InChI=1S/C10H7Br2NO3/c11-6-3-5(4-7(12)10(6)13)8(14)1-2-9(15)16/h1-4H,13H2,(H,15,16). The minimum absolute atomic E-state index is 0.352. The minimum atomic E-state index is -1.16. The Hall–Kier alpha value is -1.14. The predicted octanol–water partition coefficient (Wildman–Crippen LogP) is 2.62. The number of hydrogen-bond donors (Lipinski definition) is 2. The zero-order valence-electron chi connectivity index (χ0n) is 7.91. The predicted molar refractivity (Wildman–Crippen MR) is 67.4 cm³/mol. The highest BCUT2D eigenvalue weighted by Gasteiger charge is 2.08. The molecular formula is C10H7Br2NO3. The van der Waals surface area contributed by atoms with Gasteiger partial charge in [0.2, 0.25) is 0 Å². The summed E-state index contributed by atoms with van der Waals surface area (Å²) in [5, 5.41) is 8.39. The number of rotatable bonds is 3. The third-order valence-corrected chi connectivity index (χ3v) is 3.05. The van der Waals surface area contributed by atoms with Gasteiger partial charge in [-0.1, -0.05) is 0 Å². The Kier molecular flexibility index (Phi) is 4.26. The van der Waals surface area contributed by atoms with Crippen molar-refractivity contribution in [2.24, 2.45) is 0 Å². The van der Waals surface area contributed by atoms with Gasteiger partial charge in [0, 0.05) is 20.6 Å². The lowest BCUT2D eigenvalue weighted by molar-refractivity contribution is -0.131. The molecule has 0 bridgehead atoms. The van der Waals surface area contributed by atoms with Crippen molar-refractivity contribution >= 4 is 49.3 Å². The molecule has 0 saturated carbocycles. The summed E-state index contributed by atoms with van der Waals surface area (Å²) in [6.07, 6.45) is 1.78. The van der Waals surface area contributed by atoms with Gasteiger partial charge in [-0.3, -0.25) is 4.79 Å². The number of allylic oxidation sites excluding steroid dienone is 1. The molecule has 0 aliphatic rings. The lowest BCUT2D eigenvalue weighted by atomic mass is 10.1. The fourth-order valence-electron chi connectivity index (χ4n) is 0.970. The van der Waals surface area contributed by atoms with Crippen LogP contribution in [0.15, 0.2) is 33.2 Å². The maximum atomic E-state index is 11.5. The number of benzene rings is 1. The molecule has 4 nitrogen and oxygen atoms in total. The van der Waals surface area contributed by atoms with Gasteiger partial charge in [-0.2, -0.15) is 0 Å². The number of carbonyl (C=O) groups excluding carboxylic acids is 1. The Balaban J connectivity index is 3.06. The van der Waals surface area contributed by atoms with E-state index in [0.717, 1.165) is 12.2 Å². The molecule has 0 aromatic heterocycles. The number of ketones is 1. The summed E-state index contributed by atoms with van der Waals surface area (Å²) in [6.45, 7) is 0. The van der Waals surface area contributed by atoms with Crippen LogP contribution >= 0.6 is 31.9 Å². The first-order valence-corrected chi connectivity index (χ1v) is 5.70. The molecule has 0 fully saturated rings. The van der Waals surface area contributed by atoms with Gasteiger partial charge in [0.1, 0.15) is 0 Å². The second-order valence-electron chi connectivity index (χ2n) is 2.89. The van der Waals surface area contributed by atoms with Gasteiger partial charge < -0.3 is 10.8 Å². The van der Waals surface area contributed by atoms with Crippen molar-refractivity contribution in [3.05, 3.63) is 38.8 Å². The molecule has 0 heterocycles. The van der Waals surface area contributed by atoms with Crippen LogP contribution in [0, 0.1) is 0 Å². The van der Waals surface area contributed by atoms with E-state index >= 15 is 0 Å². The Labute approximate surface area is 108 Å². The molecule has 0 spiro atoms. The smallest absolute Gasteiger partial charge is 0.328 e. The lowest BCUT2D eigenvalue weighted by Crippen LogP contribution is -1.99. The van der Waals surface area contributed by atoms with Crippen molar-refractivity contribution in [1.82, 2.24) is 0 Å². The molecule has 0 amide bonds. The van der Waals surface area contributed by atoms with Gasteiger partial charge in [-0.05, 0) is 50.1 Å². The van der Waals surface area contributed by atoms with E-state index in [-0.39, 0.29) is 0 Å². The van der Waals surface area contributed by atoms with Crippen LogP contribution < -0.4 is 5.73 Å². The van der Waals surface area contributed by atoms with Crippen LogP contribution in [0.3, 0.4) is 0 Å². The Morgan fingerprint density at radius 1 is 1.19 bits per heavy atom. The highest BCUT2D eigenvalue weighted by molar-refractivity contribution is 9.11. The average molecular weight is 349 g/mol. The Morgan fingerprint density at radius 2 is 1.69 bits per heavy atom. The molecule has 6 heteroatoms. The quantitative estimate of drug-likeness (QED) is 0.500. The number of nitrogen functional groups attached to an aromatic ring is 1. The molecule has 0 unspecified atom stereocenters. The summed E-state index contributed by atoms with van der Waals surface area (Å²) in [6, 6.07) is 3.07. The van der Waals surface area contributed by atoms with E-state index in [9.17, 15) is 9.59 Å². The molecule has 1 aromatic carbocycles. The van der Waals surface area contributed by atoms with Gasteiger partial charge in [0.15, 0.2) is 5.78 Å². The number of carboxylic acid groups (broad SMARTS) is 1. The summed E-state index contributed by atoms with van der Waals surface area (Å²) in [7, 11) is 0. The summed E-state index contributed by atoms with van der Waals surface area (Å²) in [5.74, 6) is -1.56. The van der Waals surface area contributed by atoms with Crippen LogP contribution in [-0.4, -0.2) is 16.9 Å². The highest BCUT2D eigenvalue weighted by Crippen LogP contribution is 2.29. The Bertz CT molecular complexity index is 460. The van der Waals surface area contributed by atoms with Crippen LogP contribution in [-0.2, 0) is 4.79 Å². The molecule has 84 valence electrons. The molecule has 0 saturated heterocycles. The first kappa shape index (κ1) is 12.9. The number of carbonyl (C=O) groups is 2. The van der Waals surface area contributed by atoms with Crippen molar-refractivity contribution < 1.29 is 14.7 Å². The SMILES string of the molecule is Nc1c(Br)cc(C(=O)C=CC(=O)O)cc1Br. The van der Waals surface area contributed by atoms with Crippen LogP contribution in [0.1, 0.15) is 10.4 Å². The summed E-state index contributed by atoms with van der Waals surface area (Å²) >= 11 is 6.40. The van der Waals surface area contributed by atoms with Gasteiger partial charge >= 0.3 is 5.97 Å². The number of nitrogens with two attached hydrogens (primary N) is 1. The zero-order chi connectivity index (χ0) is 12.3. The molecule has 0 atom stereocenters. The molecule has 0 aliphatic heterocycles. The maximum absolute atomic E-state index is 11.5. The van der Waals surface area contributed by atoms with Crippen LogP contribution in [0.25, 0.3) is 0 Å². The summed E-state index contributed by atoms with van der Waals surface area (Å²) in [4.78, 5) is 21.8. The fraction of sp³-hybridized carbons (Fsp3) is 0. The third-order valence-electron chi connectivity index (χ3n) is 1.74. The number of anilines is 1. The van der Waals surface area contributed by atoms with Gasteiger partial charge in [0.25, 0.3) is 0 Å². The van der Waals surface area contributed by atoms with Crippen molar-refractivity contribution in [2.75, 3.05) is 5.73 Å². The van der Waals surface area contributed by atoms with Gasteiger partial charge in [-0.25, -0.2) is 4.79 Å². The largest absolute Gasteiger partial charge is 0.478 e. The average Bonchev–Trinajstić information content (AvgIpc) is 2.21. The van der Waals surface area contributed by atoms with E-state index in [1.165, 1.54) is 12.1 Å². The second kappa shape index (κ2) is 5.27. The second-order valence-corrected chi connectivity index (χ2v) is 4.60. The summed E-state index contributed by atoms with van der Waals surface area (Å²) in [5.41, 5.74) is 6.49. The van der Waals surface area contributed by atoms with Crippen molar-refractivity contribution in [3.8, 4) is 0 Å². The van der Waals surface area contributed by atoms with Gasteiger partial charge in [0.05, 0.1) is 5.69 Å². The highest BCUT2D eigenvalue weighted by atomic mass is 79.9. The Morgan fingerprint density at radius 3 is 2.12 bits per heavy atom. The lowest BCUT2D eigenvalue weighted by Gasteiger charge is -2.03. The molecule has 0 aliphatic carbocycles. The molecule has 0 radical (unpaired) electrons. The fourth-order valence-corrected chi connectivity index (χ4v) is 2.16. The maximum Gasteiger partial charge on any atom is 0.328 e. The van der Waals surface area contributed by atoms with Crippen LogP contribution in [0.2, 0.25) is 0 Å². The van der Waals surface area contributed by atoms with Crippen molar-refractivity contribution in [1.29, 1.82) is 0 Å². The number of carboxylic acids is 1. The molecule has 16 heavy (non-hydrogen) atoms. The van der Waals surface area contributed by atoms with E-state index in [1.807, 2.05) is 0 Å². The zero-order valence-corrected chi connectivity index (χ0v) is 11.1.